The van der Waals surface area contributed by atoms with Gasteiger partial charge in [-0.05, 0) is 48.8 Å². The van der Waals surface area contributed by atoms with Crippen molar-refractivity contribution < 1.29 is 9.90 Å². The van der Waals surface area contributed by atoms with Crippen molar-refractivity contribution in [3.63, 3.8) is 0 Å². The van der Waals surface area contributed by atoms with Crippen LogP contribution in [0.15, 0.2) is 29.6 Å². The van der Waals surface area contributed by atoms with Crippen LogP contribution in [0.4, 0.5) is 10.5 Å². The van der Waals surface area contributed by atoms with E-state index in [0.717, 1.165) is 29.8 Å². The minimum atomic E-state index is -0.228. The van der Waals surface area contributed by atoms with Crippen molar-refractivity contribution in [1.29, 1.82) is 0 Å². The van der Waals surface area contributed by atoms with Gasteiger partial charge in [-0.25, -0.2) is 4.79 Å². The lowest BCUT2D eigenvalue weighted by Gasteiger charge is -2.17. The van der Waals surface area contributed by atoms with E-state index >= 15 is 0 Å². The van der Waals surface area contributed by atoms with Gasteiger partial charge in [0.1, 0.15) is 5.69 Å². The molecule has 3 rings (SSSR count). The molecule has 1 aliphatic rings. The molecule has 1 aromatic heterocycles. The van der Waals surface area contributed by atoms with Crippen LogP contribution in [-0.4, -0.2) is 33.4 Å². The van der Waals surface area contributed by atoms with Crippen LogP contribution < -0.4 is 10.6 Å². The molecule has 2 amide bonds. The molecule has 2 aromatic rings. The molecule has 1 atom stereocenters. The van der Waals surface area contributed by atoms with Crippen LogP contribution >= 0.6 is 11.5 Å². The van der Waals surface area contributed by atoms with Gasteiger partial charge in [-0.15, -0.1) is 5.10 Å². The lowest BCUT2D eigenvalue weighted by atomic mass is 10.1. The smallest absolute Gasteiger partial charge is 0.319 e. The summed E-state index contributed by atoms with van der Waals surface area (Å²) in [5.41, 5.74) is 2.52. The van der Waals surface area contributed by atoms with Gasteiger partial charge in [-0.1, -0.05) is 16.6 Å². The average molecular weight is 318 g/mol. The highest BCUT2D eigenvalue weighted by Crippen LogP contribution is 2.33. The van der Waals surface area contributed by atoms with Crippen molar-refractivity contribution >= 4 is 23.3 Å². The number of carbonyl (C=O) groups is 1. The Morgan fingerprint density at radius 3 is 2.73 bits per heavy atom. The maximum atomic E-state index is 12.0. The number of amides is 2. The zero-order valence-electron chi connectivity index (χ0n) is 12.0. The van der Waals surface area contributed by atoms with E-state index in [2.05, 4.69) is 20.2 Å². The number of rotatable bonds is 6. The number of aliphatic hydroxyl groups excluding tert-OH is 1. The Labute approximate surface area is 132 Å². The third kappa shape index (κ3) is 3.80. The van der Waals surface area contributed by atoms with Crippen LogP contribution in [0.3, 0.4) is 0 Å². The second kappa shape index (κ2) is 6.85. The van der Waals surface area contributed by atoms with Gasteiger partial charge in [0, 0.05) is 29.3 Å². The number of nitrogens with zero attached hydrogens (tertiary/aromatic N) is 2. The minimum Gasteiger partial charge on any atom is -0.396 e. The van der Waals surface area contributed by atoms with Crippen LogP contribution in [0.5, 0.6) is 0 Å². The normalized spacial score (nSPS) is 15.3. The van der Waals surface area contributed by atoms with E-state index in [9.17, 15) is 4.79 Å². The van der Waals surface area contributed by atoms with Gasteiger partial charge in [0.05, 0.1) is 0 Å². The van der Waals surface area contributed by atoms with E-state index in [1.807, 2.05) is 29.6 Å². The number of aliphatic hydroxyl groups is 1. The fourth-order valence-electron chi connectivity index (χ4n) is 2.41. The molecule has 7 heteroatoms. The van der Waals surface area contributed by atoms with E-state index in [4.69, 9.17) is 5.11 Å². The molecule has 1 heterocycles. The monoisotopic (exact) mass is 318 g/mol. The summed E-state index contributed by atoms with van der Waals surface area (Å²) < 4.78 is 3.83. The quantitative estimate of drug-likeness (QED) is 0.763. The fourth-order valence-corrected chi connectivity index (χ4v) is 2.88. The third-order valence-electron chi connectivity index (χ3n) is 3.75. The van der Waals surface area contributed by atoms with Gasteiger partial charge in [-0.2, -0.15) is 0 Å². The van der Waals surface area contributed by atoms with E-state index in [1.165, 1.54) is 11.5 Å². The molecule has 0 saturated heterocycles. The Hall–Kier alpha value is -1.99. The first kappa shape index (κ1) is 14.9. The Morgan fingerprint density at radius 2 is 2.14 bits per heavy atom. The SMILES string of the molecule is O=C(Nc1ccc(-c2csnn2)cc1)N[C@@H](CCO)C1CC1. The molecule has 0 spiro atoms. The Balaban J connectivity index is 1.57. The summed E-state index contributed by atoms with van der Waals surface area (Å²) >= 11 is 1.31. The lowest BCUT2D eigenvalue weighted by Crippen LogP contribution is -2.39. The van der Waals surface area contributed by atoms with Crippen LogP contribution in [-0.2, 0) is 0 Å². The fraction of sp³-hybridized carbons (Fsp3) is 0.400. The topological polar surface area (TPSA) is 87.1 Å². The minimum absolute atomic E-state index is 0.0605. The molecule has 1 aromatic carbocycles. The standard InChI is InChI=1S/C15H18N4O2S/c20-8-7-13(10-1-2-10)17-15(21)16-12-5-3-11(4-6-12)14-9-22-19-18-14/h3-6,9-10,13,20H,1-2,7-8H2,(H2,16,17,21)/t13-/m0/s1. The summed E-state index contributed by atoms with van der Waals surface area (Å²) in [4.78, 5) is 12.0. The number of hydrogen-bond acceptors (Lipinski definition) is 5. The summed E-state index contributed by atoms with van der Waals surface area (Å²) in [6, 6.07) is 7.31. The van der Waals surface area contributed by atoms with Crippen LogP contribution in [0.1, 0.15) is 19.3 Å². The molecule has 116 valence electrons. The van der Waals surface area contributed by atoms with E-state index in [1.54, 1.807) is 0 Å². The highest BCUT2D eigenvalue weighted by Gasteiger charge is 2.31. The molecule has 0 radical (unpaired) electrons. The van der Waals surface area contributed by atoms with E-state index in [0.29, 0.717) is 12.3 Å². The van der Waals surface area contributed by atoms with Crippen LogP contribution in [0, 0.1) is 5.92 Å². The Bertz CT molecular complexity index is 611. The second-order valence-electron chi connectivity index (χ2n) is 5.42. The molecule has 3 N–H and O–H groups in total. The number of anilines is 1. The highest BCUT2D eigenvalue weighted by molar-refractivity contribution is 7.03. The van der Waals surface area contributed by atoms with Crippen LogP contribution in [0.2, 0.25) is 0 Å². The van der Waals surface area contributed by atoms with Gasteiger partial charge in [-0.3, -0.25) is 0 Å². The lowest BCUT2D eigenvalue weighted by molar-refractivity contribution is 0.234. The van der Waals surface area contributed by atoms with E-state index < -0.39 is 0 Å². The van der Waals surface area contributed by atoms with Gasteiger partial charge < -0.3 is 15.7 Å². The van der Waals surface area contributed by atoms with Crippen molar-refractivity contribution in [1.82, 2.24) is 14.9 Å². The Kier molecular flexibility index (Phi) is 4.65. The second-order valence-corrected chi connectivity index (χ2v) is 6.03. The van der Waals surface area contributed by atoms with Gasteiger partial charge >= 0.3 is 6.03 Å². The summed E-state index contributed by atoms with van der Waals surface area (Å²) in [6.45, 7) is 0.0951. The molecule has 6 nitrogen and oxygen atoms in total. The van der Waals surface area contributed by atoms with E-state index in [-0.39, 0.29) is 18.7 Å². The first-order valence-corrected chi connectivity index (χ1v) is 8.16. The molecular weight excluding hydrogens is 300 g/mol. The molecule has 0 aliphatic heterocycles. The van der Waals surface area contributed by atoms with Crippen molar-refractivity contribution in [2.45, 2.75) is 25.3 Å². The molecule has 1 fully saturated rings. The summed E-state index contributed by atoms with van der Waals surface area (Å²) in [5.74, 6) is 0.512. The molecule has 1 saturated carbocycles. The predicted molar refractivity (Wildman–Crippen MR) is 85.7 cm³/mol. The zero-order valence-corrected chi connectivity index (χ0v) is 12.8. The zero-order chi connectivity index (χ0) is 15.4. The van der Waals surface area contributed by atoms with Gasteiger partial charge in [0.25, 0.3) is 0 Å². The maximum Gasteiger partial charge on any atom is 0.319 e. The van der Waals surface area contributed by atoms with Crippen molar-refractivity contribution in [3.8, 4) is 11.3 Å². The van der Waals surface area contributed by atoms with Crippen molar-refractivity contribution in [2.24, 2.45) is 5.92 Å². The number of aromatic nitrogens is 2. The number of carbonyl (C=O) groups excluding carboxylic acids is 1. The predicted octanol–water partition coefficient (Wildman–Crippen LogP) is 2.49. The largest absolute Gasteiger partial charge is 0.396 e. The van der Waals surface area contributed by atoms with Gasteiger partial charge in [0.2, 0.25) is 0 Å². The van der Waals surface area contributed by atoms with Crippen LogP contribution in [0.25, 0.3) is 11.3 Å². The first-order valence-electron chi connectivity index (χ1n) is 7.32. The number of hydrogen-bond donors (Lipinski definition) is 3. The number of nitrogens with one attached hydrogen (secondary N) is 2. The summed E-state index contributed by atoms with van der Waals surface area (Å²) in [7, 11) is 0. The highest BCUT2D eigenvalue weighted by atomic mass is 32.1. The third-order valence-corrected chi connectivity index (χ3v) is 4.25. The van der Waals surface area contributed by atoms with Crippen molar-refractivity contribution in [3.05, 3.63) is 29.6 Å². The summed E-state index contributed by atoms with van der Waals surface area (Å²) in [6.07, 6.45) is 2.86. The molecule has 22 heavy (non-hydrogen) atoms. The maximum absolute atomic E-state index is 12.0. The van der Waals surface area contributed by atoms with Crippen molar-refractivity contribution in [2.75, 3.05) is 11.9 Å². The molecule has 1 aliphatic carbocycles. The molecular formula is C15H18N4O2S. The summed E-state index contributed by atoms with van der Waals surface area (Å²) in [5, 5.41) is 20.7. The number of urea groups is 1. The average Bonchev–Trinajstić information content (AvgIpc) is 3.22. The first-order chi connectivity index (χ1) is 10.8. The molecule has 0 bridgehead atoms. The van der Waals surface area contributed by atoms with Gasteiger partial charge in [0.15, 0.2) is 0 Å². The Morgan fingerprint density at radius 1 is 1.36 bits per heavy atom. The molecule has 0 unspecified atom stereocenters. The number of benzene rings is 1.